The van der Waals surface area contributed by atoms with Gasteiger partial charge >= 0.3 is 0 Å². The van der Waals surface area contributed by atoms with Crippen LogP contribution in [-0.2, 0) is 17.9 Å². The van der Waals surface area contributed by atoms with Crippen LogP contribution in [0, 0.1) is 5.92 Å². The molecule has 4 rings (SSSR count). The van der Waals surface area contributed by atoms with E-state index in [1.54, 1.807) is 30.5 Å². The normalized spacial score (nSPS) is 14.1. The maximum Gasteiger partial charge on any atom is 0.262 e. The Morgan fingerprint density at radius 1 is 0.935 bits per heavy atom. The summed E-state index contributed by atoms with van der Waals surface area (Å²) in [6.07, 6.45) is 3.60. The molecule has 0 aliphatic carbocycles. The van der Waals surface area contributed by atoms with Gasteiger partial charge in [0.25, 0.3) is 11.8 Å². The number of nitrogens with zero attached hydrogens (tertiary/aromatic N) is 3. The monoisotopic (exact) mass is 416 g/mol. The molecule has 0 saturated carbocycles. The van der Waals surface area contributed by atoms with Crippen LogP contribution in [0.1, 0.15) is 45.7 Å². The highest BCUT2D eigenvalue weighted by Crippen LogP contribution is 2.27. The fourth-order valence-electron chi connectivity index (χ4n) is 3.92. The van der Waals surface area contributed by atoms with Gasteiger partial charge in [0.05, 0.1) is 17.7 Å². The van der Waals surface area contributed by atoms with Crippen molar-refractivity contribution in [2.45, 2.75) is 33.0 Å². The summed E-state index contributed by atoms with van der Waals surface area (Å²) in [6.45, 7) is 4.55. The Kier molecular flexibility index (Phi) is 5.66. The predicted octanol–water partition coefficient (Wildman–Crippen LogP) is 2.87. The molecule has 0 bridgehead atoms. The Balaban J connectivity index is 1.51. The molecule has 3 amide bonds. The van der Waals surface area contributed by atoms with E-state index in [1.165, 1.54) is 0 Å². The van der Waals surface area contributed by atoms with Crippen LogP contribution in [0.5, 0.6) is 0 Å². The third-order valence-corrected chi connectivity index (χ3v) is 5.47. The Hall–Kier alpha value is -3.74. The van der Waals surface area contributed by atoms with Crippen molar-refractivity contribution in [1.29, 1.82) is 0 Å². The SMILES string of the molecule is CC(C)C(C(=O)NCc1ccccc1Cn1cccn1)N1C(=O)c2ccccc2C1=O. The number of imide groups is 1. The number of benzene rings is 2. The molecule has 31 heavy (non-hydrogen) atoms. The quantitative estimate of drug-likeness (QED) is 0.601. The highest BCUT2D eigenvalue weighted by atomic mass is 16.2. The van der Waals surface area contributed by atoms with Gasteiger partial charge in [-0.3, -0.25) is 24.0 Å². The molecule has 2 heterocycles. The van der Waals surface area contributed by atoms with E-state index < -0.39 is 17.9 Å². The zero-order chi connectivity index (χ0) is 22.0. The van der Waals surface area contributed by atoms with E-state index in [9.17, 15) is 14.4 Å². The predicted molar refractivity (Wildman–Crippen MR) is 115 cm³/mol. The van der Waals surface area contributed by atoms with E-state index in [0.717, 1.165) is 16.0 Å². The molecule has 3 aromatic rings. The van der Waals surface area contributed by atoms with Gasteiger partial charge in [-0.2, -0.15) is 5.10 Å². The van der Waals surface area contributed by atoms with E-state index in [-0.39, 0.29) is 11.8 Å². The van der Waals surface area contributed by atoms with Crippen molar-refractivity contribution in [2.75, 3.05) is 0 Å². The number of carbonyl (C=O) groups excluding carboxylic acids is 3. The van der Waals surface area contributed by atoms with E-state index in [0.29, 0.717) is 24.2 Å². The molecule has 0 spiro atoms. The second-order valence-corrected chi connectivity index (χ2v) is 7.90. The summed E-state index contributed by atoms with van der Waals surface area (Å²) in [5.41, 5.74) is 2.68. The summed E-state index contributed by atoms with van der Waals surface area (Å²) in [5, 5.41) is 7.17. The molecule has 158 valence electrons. The average molecular weight is 416 g/mol. The number of fused-ring (bicyclic) bond motifs is 1. The number of carbonyl (C=O) groups is 3. The number of nitrogens with one attached hydrogen (secondary N) is 1. The first-order chi connectivity index (χ1) is 15.0. The number of rotatable bonds is 7. The molecular weight excluding hydrogens is 392 g/mol. The molecule has 1 aromatic heterocycles. The van der Waals surface area contributed by atoms with Crippen molar-refractivity contribution in [1.82, 2.24) is 20.0 Å². The van der Waals surface area contributed by atoms with Crippen LogP contribution in [-0.4, -0.2) is 38.4 Å². The van der Waals surface area contributed by atoms with E-state index in [4.69, 9.17) is 0 Å². The van der Waals surface area contributed by atoms with Gasteiger partial charge in [-0.1, -0.05) is 50.2 Å². The molecule has 2 aromatic carbocycles. The highest BCUT2D eigenvalue weighted by molar-refractivity contribution is 6.22. The van der Waals surface area contributed by atoms with Gasteiger partial charge in [0.15, 0.2) is 0 Å². The average Bonchev–Trinajstić information content (AvgIpc) is 3.36. The lowest BCUT2D eigenvalue weighted by Gasteiger charge is -2.28. The van der Waals surface area contributed by atoms with Crippen LogP contribution < -0.4 is 5.32 Å². The van der Waals surface area contributed by atoms with Crippen molar-refractivity contribution in [3.05, 3.63) is 89.2 Å². The number of aromatic nitrogens is 2. The third kappa shape index (κ3) is 3.99. The van der Waals surface area contributed by atoms with Crippen molar-refractivity contribution in [3.8, 4) is 0 Å². The van der Waals surface area contributed by atoms with Crippen molar-refractivity contribution in [2.24, 2.45) is 5.92 Å². The molecule has 1 unspecified atom stereocenters. The van der Waals surface area contributed by atoms with Gasteiger partial charge < -0.3 is 5.32 Å². The Morgan fingerprint density at radius 2 is 1.55 bits per heavy atom. The van der Waals surface area contributed by atoms with E-state index in [1.807, 2.05) is 55.1 Å². The summed E-state index contributed by atoms with van der Waals surface area (Å²) >= 11 is 0. The van der Waals surface area contributed by atoms with Crippen LogP contribution in [0.15, 0.2) is 67.0 Å². The third-order valence-electron chi connectivity index (χ3n) is 5.47. The van der Waals surface area contributed by atoms with Crippen LogP contribution >= 0.6 is 0 Å². The lowest BCUT2D eigenvalue weighted by Crippen LogP contribution is -2.52. The topological polar surface area (TPSA) is 84.3 Å². The Morgan fingerprint density at radius 3 is 2.13 bits per heavy atom. The second-order valence-electron chi connectivity index (χ2n) is 7.90. The zero-order valence-corrected chi connectivity index (χ0v) is 17.5. The number of hydrogen-bond donors (Lipinski definition) is 1. The molecular formula is C24H24N4O3. The van der Waals surface area contributed by atoms with Gasteiger partial charge in [0, 0.05) is 18.9 Å². The minimum absolute atomic E-state index is 0.235. The van der Waals surface area contributed by atoms with Crippen molar-refractivity contribution < 1.29 is 14.4 Å². The van der Waals surface area contributed by atoms with Gasteiger partial charge in [-0.05, 0) is 35.2 Å². The molecule has 1 aliphatic heterocycles. The largest absolute Gasteiger partial charge is 0.350 e. The summed E-state index contributed by atoms with van der Waals surface area (Å²) in [6, 6.07) is 15.5. The fourth-order valence-corrected chi connectivity index (χ4v) is 3.92. The van der Waals surface area contributed by atoms with Gasteiger partial charge in [-0.25, -0.2) is 0 Å². The molecule has 1 aliphatic rings. The van der Waals surface area contributed by atoms with Crippen molar-refractivity contribution in [3.63, 3.8) is 0 Å². The molecule has 7 heteroatoms. The molecule has 0 radical (unpaired) electrons. The fraction of sp³-hybridized carbons (Fsp3) is 0.250. The van der Waals surface area contributed by atoms with Crippen LogP contribution in [0.4, 0.5) is 0 Å². The molecule has 0 fully saturated rings. The Labute approximate surface area is 180 Å². The maximum atomic E-state index is 13.1. The smallest absolute Gasteiger partial charge is 0.262 e. The number of hydrogen-bond acceptors (Lipinski definition) is 4. The zero-order valence-electron chi connectivity index (χ0n) is 17.5. The highest BCUT2D eigenvalue weighted by Gasteiger charge is 2.43. The molecule has 1 N–H and O–H groups in total. The summed E-state index contributed by atoms with van der Waals surface area (Å²) in [4.78, 5) is 40.0. The summed E-state index contributed by atoms with van der Waals surface area (Å²) < 4.78 is 1.82. The molecule has 7 nitrogen and oxygen atoms in total. The van der Waals surface area contributed by atoms with Crippen LogP contribution in [0.2, 0.25) is 0 Å². The van der Waals surface area contributed by atoms with Gasteiger partial charge in [0.2, 0.25) is 5.91 Å². The van der Waals surface area contributed by atoms with Gasteiger partial charge in [0.1, 0.15) is 6.04 Å². The van der Waals surface area contributed by atoms with Crippen LogP contribution in [0.3, 0.4) is 0 Å². The molecule has 1 atom stereocenters. The number of amides is 3. The lowest BCUT2D eigenvalue weighted by atomic mass is 10.0. The summed E-state index contributed by atoms with van der Waals surface area (Å²) in [7, 11) is 0. The first-order valence-corrected chi connectivity index (χ1v) is 10.3. The maximum absolute atomic E-state index is 13.1. The second kappa shape index (κ2) is 8.55. The minimum Gasteiger partial charge on any atom is -0.350 e. The van der Waals surface area contributed by atoms with E-state index in [2.05, 4.69) is 10.4 Å². The summed E-state index contributed by atoms with van der Waals surface area (Å²) in [5.74, 6) is -1.43. The van der Waals surface area contributed by atoms with E-state index >= 15 is 0 Å². The Bertz CT molecular complexity index is 1090. The minimum atomic E-state index is -0.884. The van der Waals surface area contributed by atoms with Gasteiger partial charge in [-0.15, -0.1) is 0 Å². The first kappa shape index (κ1) is 20.5. The van der Waals surface area contributed by atoms with Crippen molar-refractivity contribution >= 4 is 17.7 Å². The standard InChI is InChI=1S/C24H24N4O3/c1-16(2)21(28-23(30)19-10-5-6-11-20(19)24(28)31)22(29)25-14-17-8-3-4-9-18(17)15-27-13-7-12-26-27/h3-13,16,21H,14-15H2,1-2H3,(H,25,29). The molecule has 0 saturated heterocycles. The first-order valence-electron chi connectivity index (χ1n) is 10.3. The van der Waals surface area contributed by atoms with Crippen LogP contribution in [0.25, 0.3) is 0 Å². The lowest BCUT2D eigenvalue weighted by molar-refractivity contribution is -0.126.